The summed E-state index contributed by atoms with van der Waals surface area (Å²) in [5.74, 6) is 0.364. The van der Waals surface area contributed by atoms with Crippen LogP contribution in [0.2, 0.25) is 0 Å². The van der Waals surface area contributed by atoms with Gasteiger partial charge in [0.05, 0.1) is 18.8 Å². The third-order valence-electron chi connectivity index (χ3n) is 3.85. The van der Waals surface area contributed by atoms with Crippen LogP contribution in [0, 0.1) is 5.53 Å². The summed E-state index contributed by atoms with van der Waals surface area (Å²) in [7, 11) is 1.47. The third kappa shape index (κ3) is 3.13. The van der Waals surface area contributed by atoms with Crippen molar-refractivity contribution in [3.05, 3.63) is 30.5 Å². The lowest BCUT2D eigenvalue weighted by Crippen LogP contribution is -2.23. The number of benzene rings is 1. The summed E-state index contributed by atoms with van der Waals surface area (Å²) < 4.78 is 32.6. The molecule has 0 aliphatic rings. The fourth-order valence-corrected chi connectivity index (χ4v) is 2.64. The molecule has 4 N–H and O–H groups in total. The molecule has 2 aromatic heterocycles. The molecule has 0 aliphatic heterocycles. The van der Waals surface area contributed by atoms with Crippen molar-refractivity contribution in [3.8, 4) is 17.0 Å². The van der Waals surface area contributed by atoms with E-state index in [-0.39, 0.29) is 11.6 Å². The van der Waals surface area contributed by atoms with Gasteiger partial charge in [-0.15, -0.1) is 5.10 Å². The topological polar surface area (TPSA) is 114 Å². The monoisotopic (exact) mass is 361 g/mol. The minimum atomic E-state index is -1.01. The molecule has 2 heterocycles. The highest BCUT2D eigenvalue weighted by atomic mass is 19.1. The molecule has 1 aromatic carbocycles. The van der Waals surface area contributed by atoms with Gasteiger partial charge < -0.3 is 15.8 Å². The van der Waals surface area contributed by atoms with Crippen LogP contribution in [0.15, 0.2) is 35.6 Å². The molecule has 0 unspecified atom stereocenters. The van der Waals surface area contributed by atoms with Crippen molar-refractivity contribution in [1.29, 1.82) is 5.53 Å². The largest absolute Gasteiger partial charge is 0.479 e. The van der Waals surface area contributed by atoms with E-state index < -0.39 is 19.4 Å². The maximum Gasteiger partial charge on any atom is 0.243 e. The van der Waals surface area contributed by atoms with Crippen molar-refractivity contribution < 1.29 is 13.5 Å². The first-order valence-electron chi connectivity index (χ1n) is 7.70. The van der Waals surface area contributed by atoms with Gasteiger partial charge in [0.25, 0.3) is 0 Å². The van der Waals surface area contributed by atoms with Crippen molar-refractivity contribution in [2.45, 2.75) is 6.04 Å². The molecule has 0 spiro atoms. The molecule has 0 saturated carbocycles. The normalized spacial score (nSPS) is 11.1. The van der Waals surface area contributed by atoms with Crippen LogP contribution in [0.3, 0.4) is 0 Å². The zero-order valence-corrected chi connectivity index (χ0v) is 13.9. The minimum Gasteiger partial charge on any atom is -0.479 e. The molecule has 0 fully saturated rings. The maximum atomic E-state index is 12.9. The van der Waals surface area contributed by atoms with Gasteiger partial charge in [0.1, 0.15) is 24.6 Å². The number of hydrogen-bond acceptors (Lipinski definition) is 7. The molecular formula is C16H17F2N7O. The predicted molar refractivity (Wildman–Crippen MR) is 93.6 cm³/mol. The Labute approximate surface area is 147 Å². The van der Waals surface area contributed by atoms with Gasteiger partial charge in [0, 0.05) is 11.8 Å². The van der Waals surface area contributed by atoms with Gasteiger partial charge >= 0.3 is 0 Å². The van der Waals surface area contributed by atoms with Crippen LogP contribution in [0.1, 0.15) is 0 Å². The summed E-state index contributed by atoms with van der Waals surface area (Å²) in [5, 5.41) is 10.2. The number of fused-ring (bicyclic) bond motifs is 1. The molecule has 0 radical (unpaired) electrons. The van der Waals surface area contributed by atoms with E-state index in [0.717, 1.165) is 5.56 Å². The molecular weight excluding hydrogens is 344 g/mol. The second-order valence-electron chi connectivity index (χ2n) is 5.50. The molecule has 136 valence electrons. The number of anilines is 2. The molecule has 0 aliphatic carbocycles. The number of nitrogens with one attached hydrogen (secondary N) is 2. The average Bonchev–Trinajstić information content (AvgIpc) is 3.08. The lowest BCUT2D eigenvalue weighted by atomic mass is 10.1. The Kier molecular flexibility index (Phi) is 4.92. The van der Waals surface area contributed by atoms with E-state index in [2.05, 4.69) is 20.5 Å². The van der Waals surface area contributed by atoms with Crippen molar-refractivity contribution >= 4 is 22.8 Å². The van der Waals surface area contributed by atoms with Gasteiger partial charge in [-0.1, -0.05) is 6.07 Å². The number of aromatic nitrogens is 3. The standard InChI is InChI=1S/C16H17F2N7O/c1-26-15-14-11(4-5-25(14)24-16(19)22-15)9-2-3-12(23-20)13(6-9)21-10(7-17)8-18/h2-6,10,20-21H,7-8H2,1H3,(H2,19,24). The highest BCUT2D eigenvalue weighted by molar-refractivity contribution is 5.87. The number of alkyl halides is 2. The number of hydrogen-bond donors (Lipinski definition) is 3. The Morgan fingerprint density at radius 3 is 2.77 bits per heavy atom. The highest BCUT2D eigenvalue weighted by Crippen LogP contribution is 2.36. The van der Waals surface area contributed by atoms with Crippen LogP contribution < -0.4 is 15.8 Å². The van der Waals surface area contributed by atoms with Gasteiger partial charge in [-0.2, -0.15) is 10.1 Å². The first-order chi connectivity index (χ1) is 12.6. The lowest BCUT2D eigenvalue weighted by molar-refractivity contribution is 0.368. The number of nitrogens with zero attached hydrogens (tertiary/aromatic N) is 4. The molecule has 0 atom stereocenters. The Bertz CT molecular complexity index is 940. The second-order valence-corrected chi connectivity index (χ2v) is 5.50. The number of ether oxygens (including phenoxy) is 1. The average molecular weight is 361 g/mol. The molecule has 0 bridgehead atoms. The zero-order chi connectivity index (χ0) is 18.7. The van der Waals surface area contributed by atoms with Crippen molar-refractivity contribution in [2.24, 2.45) is 5.11 Å². The summed E-state index contributed by atoms with van der Waals surface area (Å²) in [4.78, 5) is 4.07. The van der Waals surface area contributed by atoms with Gasteiger partial charge in [-0.3, -0.25) is 0 Å². The number of halogens is 2. The van der Waals surface area contributed by atoms with Crippen LogP contribution >= 0.6 is 0 Å². The molecule has 26 heavy (non-hydrogen) atoms. The molecule has 0 saturated heterocycles. The summed E-state index contributed by atoms with van der Waals surface area (Å²) in [6, 6.07) is 5.78. The number of nitrogen functional groups attached to an aromatic ring is 1. The quantitative estimate of drug-likeness (QED) is 0.558. The van der Waals surface area contributed by atoms with E-state index >= 15 is 0 Å². The van der Waals surface area contributed by atoms with Crippen LogP contribution in [0.4, 0.5) is 26.1 Å². The van der Waals surface area contributed by atoms with Crippen molar-refractivity contribution in [2.75, 3.05) is 31.5 Å². The summed E-state index contributed by atoms with van der Waals surface area (Å²) >= 11 is 0. The van der Waals surface area contributed by atoms with Gasteiger partial charge in [0.2, 0.25) is 11.8 Å². The summed E-state index contributed by atoms with van der Waals surface area (Å²) in [6.07, 6.45) is 1.70. The Hall–Kier alpha value is -3.30. The lowest BCUT2D eigenvalue weighted by Gasteiger charge is -2.15. The van der Waals surface area contributed by atoms with Crippen LogP contribution in [0.5, 0.6) is 5.88 Å². The smallest absolute Gasteiger partial charge is 0.243 e. The Morgan fingerprint density at radius 1 is 1.35 bits per heavy atom. The number of nitrogens with two attached hydrogens (primary N) is 1. The maximum absolute atomic E-state index is 12.9. The Morgan fingerprint density at radius 2 is 2.12 bits per heavy atom. The third-order valence-corrected chi connectivity index (χ3v) is 3.85. The van der Waals surface area contributed by atoms with Gasteiger partial charge in [-0.25, -0.2) is 18.8 Å². The molecule has 8 nitrogen and oxygen atoms in total. The first kappa shape index (κ1) is 17.5. The second kappa shape index (κ2) is 7.30. The van der Waals surface area contributed by atoms with E-state index in [1.54, 1.807) is 30.5 Å². The summed E-state index contributed by atoms with van der Waals surface area (Å²) in [6.45, 7) is -1.76. The molecule has 3 rings (SSSR count). The summed E-state index contributed by atoms with van der Waals surface area (Å²) in [5.41, 5.74) is 15.6. The Balaban J connectivity index is 2.13. The van der Waals surface area contributed by atoms with Gasteiger partial charge in [-0.05, 0) is 23.8 Å². The molecule has 10 heteroatoms. The fourth-order valence-electron chi connectivity index (χ4n) is 2.64. The van der Waals surface area contributed by atoms with Gasteiger partial charge in [0.15, 0.2) is 0 Å². The van der Waals surface area contributed by atoms with Crippen molar-refractivity contribution in [1.82, 2.24) is 14.6 Å². The van der Waals surface area contributed by atoms with E-state index in [9.17, 15) is 8.78 Å². The van der Waals surface area contributed by atoms with E-state index in [1.165, 1.54) is 11.6 Å². The predicted octanol–water partition coefficient (Wildman–Crippen LogP) is 3.37. The SMILES string of the molecule is COc1nc(N)nn2ccc(-c3ccc(N=N)c(NC(CF)CF)c3)c12. The minimum absolute atomic E-state index is 0.0657. The fraction of sp³-hybridized carbons (Fsp3) is 0.250. The van der Waals surface area contributed by atoms with Crippen LogP contribution in [-0.4, -0.2) is 41.1 Å². The highest BCUT2D eigenvalue weighted by Gasteiger charge is 2.16. The molecule has 0 amide bonds. The molecule has 3 aromatic rings. The van der Waals surface area contributed by atoms with Crippen LogP contribution in [-0.2, 0) is 0 Å². The van der Waals surface area contributed by atoms with E-state index in [1.807, 2.05) is 0 Å². The number of rotatable bonds is 7. The first-order valence-corrected chi connectivity index (χ1v) is 7.70. The van der Waals surface area contributed by atoms with Crippen molar-refractivity contribution in [3.63, 3.8) is 0 Å². The zero-order valence-electron chi connectivity index (χ0n) is 13.9. The van der Waals surface area contributed by atoms with E-state index in [0.29, 0.717) is 22.6 Å². The van der Waals surface area contributed by atoms with E-state index in [4.69, 9.17) is 16.0 Å². The van der Waals surface area contributed by atoms with Crippen LogP contribution in [0.25, 0.3) is 16.6 Å². The number of methoxy groups -OCH3 is 1.